The van der Waals surface area contributed by atoms with Gasteiger partial charge in [-0.3, -0.25) is 9.59 Å². The molecule has 1 unspecified atom stereocenters. The lowest BCUT2D eigenvalue weighted by molar-refractivity contribution is -0.235. The number of rotatable bonds is 5. The van der Waals surface area contributed by atoms with Gasteiger partial charge >= 0.3 is 0 Å². The van der Waals surface area contributed by atoms with E-state index in [2.05, 4.69) is 4.98 Å². The van der Waals surface area contributed by atoms with Gasteiger partial charge in [-0.1, -0.05) is 37.3 Å². The van der Waals surface area contributed by atoms with Gasteiger partial charge in [0.05, 0.1) is 12.2 Å². The summed E-state index contributed by atoms with van der Waals surface area (Å²) in [6.45, 7) is 2.48. The van der Waals surface area contributed by atoms with Crippen molar-refractivity contribution in [2.45, 2.75) is 75.5 Å². The van der Waals surface area contributed by atoms with Crippen LogP contribution in [0.5, 0.6) is 0 Å². The van der Waals surface area contributed by atoms with Crippen LogP contribution in [0.1, 0.15) is 56.1 Å². The number of carbonyl (C=O) groups excluding carboxylic acids is 2. The number of allylic oxidation sites excluding steroid dienone is 4. The van der Waals surface area contributed by atoms with Crippen LogP contribution in [0, 0.1) is 22.7 Å². The van der Waals surface area contributed by atoms with Gasteiger partial charge < -0.3 is 25.4 Å². The van der Waals surface area contributed by atoms with Crippen LogP contribution in [-0.2, 0) is 25.5 Å². The minimum absolute atomic E-state index is 0.0363. The zero-order valence-corrected chi connectivity index (χ0v) is 24.6. The van der Waals surface area contributed by atoms with E-state index in [1.807, 2.05) is 36.4 Å². The maximum Gasteiger partial charge on any atom is 0.193 e. The number of halogens is 2. The van der Waals surface area contributed by atoms with Gasteiger partial charge in [-0.05, 0) is 79.5 Å². The first-order chi connectivity index (χ1) is 20.9. The molecule has 8 nitrogen and oxygen atoms in total. The lowest BCUT2D eigenvalue weighted by atomic mass is 9.44. The summed E-state index contributed by atoms with van der Waals surface area (Å²) in [6.07, 6.45) is 0.846. The average Bonchev–Trinajstić information content (AvgIpc) is 3.49. The number of hydrogen-bond acceptors (Lipinski definition) is 8. The molecule has 2 heterocycles. The Labute approximate surface area is 254 Å². The van der Waals surface area contributed by atoms with Gasteiger partial charge in [-0.2, -0.15) is 0 Å². The topological polar surface area (TPSA) is 132 Å². The van der Waals surface area contributed by atoms with Crippen molar-refractivity contribution in [3.8, 4) is 0 Å². The molecule has 0 spiro atoms. The molecule has 1 aromatic carbocycles. The monoisotopic (exact) mass is 606 g/mol. The second-order valence-electron chi connectivity index (χ2n) is 13.5. The SMILES string of the molecule is CC12C[C@H](O)[C@@]3(F)[C@@H](C[C@H](F)C4=CC(=O)C=C[C@@]43C)[C@@H]1C[C@H]1O[C@@H](c3ccc(Cc4ccnc(N)c4)cc3)O[C@]12C(=O)CO. The fourth-order valence-corrected chi connectivity index (χ4v) is 9.35. The molecule has 1 aliphatic heterocycles. The average molecular weight is 607 g/mol. The lowest BCUT2D eigenvalue weighted by Crippen LogP contribution is -2.70. The van der Waals surface area contributed by atoms with Gasteiger partial charge in [0.2, 0.25) is 0 Å². The third-order valence-corrected chi connectivity index (χ3v) is 11.4. The van der Waals surface area contributed by atoms with E-state index in [4.69, 9.17) is 15.2 Å². The number of ketones is 2. The maximum atomic E-state index is 17.5. The molecule has 232 valence electrons. The lowest BCUT2D eigenvalue weighted by Gasteiger charge is -2.63. The molecule has 5 aliphatic rings. The summed E-state index contributed by atoms with van der Waals surface area (Å²) in [5, 5.41) is 21.8. The molecule has 44 heavy (non-hydrogen) atoms. The molecule has 4 N–H and O–H groups in total. The molecule has 3 saturated carbocycles. The van der Waals surface area contributed by atoms with Crippen LogP contribution in [0.15, 0.2) is 66.4 Å². The highest BCUT2D eigenvalue weighted by Crippen LogP contribution is 2.72. The highest BCUT2D eigenvalue weighted by atomic mass is 19.1. The first kappa shape index (κ1) is 29.4. The number of nitrogens with zero attached hydrogens (tertiary/aromatic N) is 1. The van der Waals surface area contributed by atoms with Gasteiger partial charge in [0.15, 0.2) is 29.1 Å². The zero-order chi connectivity index (χ0) is 31.2. The van der Waals surface area contributed by atoms with E-state index in [-0.39, 0.29) is 24.8 Å². The Bertz CT molecular complexity index is 1600. The van der Waals surface area contributed by atoms with E-state index >= 15 is 8.78 Å². The van der Waals surface area contributed by atoms with Crippen molar-refractivity contribution in [3.05, 3.63) is 83.1 Å². The summed E-state index contributed by atoms with van der Waals surface area (Å²) in [7, 11) is 0. The van der Waals surface area contributed by atoms with Crippen LogP contribution in [0.3, 0.4) is 0 Å². The highest BCUT2D eigenvalue weighted by Gasteiger charge is 2.80. The van der Waals surface area contributed by atoms with Gasteiger partial charge in [0, 0.05) is 28.5 Å². The van der Waals surface area contributed by atoms with Crippen LogP contribution in [0.2, 0.25) is 0 Å². The number of aromatic nitrogens is 1. The number of pyridine rings is 1. The fraction of sp³-hybridized carbons (Fsp3) is 0.500. The van der Waals surface area contributed by atoms with Crippen molar-refractivity contribution in [3.63, 3.8) is 0 Å². The molecule has 7 rings (SSSR count). The number of nitrogen functional groups attached to an aromatic ring is 1. The van der Waals surface area contributed by atoms with E-state index in [0.717, 1.165) is 17.2 Å². The quantitative estimate of drug-likeness (QED) is 0.467. The predicted molar refractivity (Wildman–Crippen MR) is 155 cm³/mol. The number of carbonyl (C=O) groups is 2. The smallest absolute Gasteiger partial charge is 0.193 e. The van der Waals surface area contributed by atoms with E-state index in [0.29, 0.717) is 17.8 Å². The predicted octanol–water partition coefficient (Wildman–Crippen LogP) is 3.90. The van der Waals surface area contributed by atoms with E-state index in [9.17, 15) is 19.8 Å². The van der Waals surface area contributed by atoms with E-state index in [1.54, 1.807) is 13.1 Å². The van der Waals surface area contributed by atoms with Crippen LogP contribution < -0.4 is 5.73 Å². The molecule has 0 radical (unpaired) electrons. The molecule has 4 aliphatic carbocycles. The first-order valence-electron chi connectivity index (χ1n) is 15.1. The Balaban J connectivity index is 1.21. The fourth-order valence-electron chi connectivity index (χ4n) is 9.35. The number of aliphatic hydroxyl groups is 2. The minimum atomic E-state index is -2.29. The number of aliphatic hydroxyl groups excluding tert-OH is 2. The number of benzene rings is 1. The maximum absolute atomic E-state index is 17.5. The molecular formula is C34H36F2N2O6. The number of ether oxygens (including phenoxy) is 2. The Morgan fingerprint density at radius 1 is 1.14 bits per heavy atom. The van der Waals surface area contributed by atoms with Gasteiger partial charge in [0.1, 0.15) is 18.6 Å². The van der Waals surface area contributed by atoms with Crippen molar-refractivity contribution in [1.82, 2.24) is 4.98 Å². The number of Topliss-reactive ketones (excluding diaryl/α,β-unsaturated/α-hetero) is 1. The summed E-state index contributed by atoms with van der Waals surface area (Å²) in [6, 6.07) is 11.3. The largest absolute Gasteiger partial charge is 0.390 e. The molecule has 0 bridgehead atoms. The van der Waals surface area contributed by atoms with Crippen LogP contribution in [0.4, 0.5) is 14.6 Å². The highest BCUT2D eigenvalue weighted by molar-refractivity contribution is 6.01. The van der Waals surface area contributed by atoms with E-state index < -0.39 is 76.8 Å². The number of fused-ring (bicyclic) bond motifs is 7. The van der Waals surface area contributed by atoms with Gasteiger partial charge in [-0.15, -0.1) is 0 Å². The molecule has 10 atom stereocenters. The summed E-state index contributed by atoms with van der Waals surface area (Å²) in [5.74, 6) is -2.18. The van der Waals surface area contributed by atoms with Crippen molar-refractivity contribution in [1.29, 1.82) is 0 Å². The normalized spacial score (nSPS) is 42.2. The summed E-state index contributed by atoms with van der Waals surface area (Å²) in [5.41, 5.74) is 1.86. The molecule has 1 saturated heterocycles. The number of alkyl halides is 2. The molecule has 10 heteroatoms. The zero-order valence-electron chi connectivity index (χ0n) is 24.6. The number of nitrogens with two attached hydrogens (primary N) is 1. The molecule has 4 fully saturated rings. The Morgan fingerprint density at radius 2 is 1.89 bits per heavy atom. The van der Waals surface area contributed by atoms with Crippen molar-refractivity contribution in [2.75, 3.05) is 12.3 Å². The minimum Gasteiger partial charge on any atom is -0.390 e. The second-order valence-corrected chi connectivity index (χ2v) is 13.5. The molecular weight excluding hydrogens is 570 g/mol. The van der Waals surface area contributed by atoms with Gasteiger partial charge in [0.25, 0.3) is 0 Å². The number of anilines is 1. The van der Waals surface area contributed by atoms with Crippen molar-refractivity contribution in [2.24, 2.45) is 22.7 Å². The van der Waals surface area contributed by atoms with Crippen LogP contribution in [0.25, 0.3) is 0 Å². The molecule has 0 amide bonds. The summed E-state index contributed by atoms with van der Waals surface area (Å²) >= 11 is 0. The van der Waals surface area contributed by atoms with Crippen molar-refractivity contribution >= 4 is 17.4 Å². The summed E-state index contributed by atoms with van der Waals surface area (Å²) < 4.78 is 46.3. The second kappa shape index (κ2) is 9.84. The van der Waals surface area contributed by atoms with Crippen LogP contribution in [-0.4, -0.2) is 63.0 Å². The third-order valence-electron chi connectivity index (χ3n) is 11.4. The van der Waals surface area contributed by atoms with Crippen LogP contribution >= 0.6 is 0 Å². The van der Waals surface area contributed by atoms with E-state index in [1.165, 1.54) is 19.1 Å². The molecule has 1 aromatic heterocycles. The van der Waals surface area contributed by atoms with Crippen molar-refractivity contribution < 1.29 is 38.1 Å². The Kier molecular flexibility index (Phi) is 6.58. The Morgan fingerprint density at radius 3 is 2.59 bits per heavy atom. The van der Waals surface area contributed by atoms with Gasteiger partial charge in [-0.25, -0.2) is 13.8 Å². The molecule has 2 aromatic rings. The number of hydrogen-bond donors (Lipinski definition) is 3. The Hall–Kier alpha value is -3.31. The first-order valence-corrected chi connectivity index (χ1v) is 15.1. The standard InChI is InChI=1S/C34H36F2N2O6/c1-31-9-7-21(40)13-24(31)25(35)14-23-22-15-28-34(27(42)17-39,32(22,2)16-26(41)33(23,31)36)44-30(43-28)20-5-3-18(4-6-20)11-19-8-10-38-29(37)12-19/h3-10,12-13,22-23,25-26,28,30,39,41H,11,14-17H2,1-2H3,(H2,37,38)/t22-,23-,25-,26-,28+,30+,31-,32?,33-,34+/m0/s1. The summed E-state index contributed by atoms with van der Waals surface area (Å²) in [4.78, 5) is 29.8. The third kappa shape index (κ3) is 3.77.